The van der Waals surface area contributed by atoms with Crippen molar-refractivity contribution < 1.29 is 14.7 Å². The molecule has 0 bridgehead atoms. The summed E-state index contributed by atoms with van der Waals surface area (Å²) < 4.78 is 0. The predicted molar refractivity (Wildman–Crippen MR) is 67.9 cm³/mol. The molecule has 2 atom stereocenters. The second-order valence-corrected chi connectivity index (χ2v) is 5.16. The largest absolute Gasteiger partial charge is 0.374 e. The smallest absolute Gasteiger partial charge is 0.244 e. The molecule has 1 saturated heterocycles. The summed E-state index contributed by atoms with van der Waals surface area (Å²) in [5.74, 6) is -0.538. The summed E-state index contributed by atoms with van der Waals surface area (Å²) in [5.41, 5.74) is 3.07. The molecule has 2 unspecified atom stereocenters. The van der Waals surface area contributed by atoms with Gasteiger partial charge in [0.05, 0.1) is 6.04 Å². The van der Waals surface area contributed by atoms with E-state index in [-0.39, 0.29) is 11.8 Å². The van der Waals surface area contributed by atoms with Gasteiger partial charge in [0.1, 0.15) is 6.23 Å². The number of piperidine rings is 1. The number of fused-ring (bicyclic) bond motifs is 1. The van der Waals surface area contributed by atoms with Crippen LogP contribution in [0.5, 0.6) is 0 Å². The van der Waals surface area contributed by atoms with Gasteiger partial charge in [-0.1, -0.05) is 18.2 Å². The van der Waals surface area contributed by atoms with Crippen molar-refractivity contribution in [2.24, 2.45) is 0 Å². The molecule has 0 aromatic heterocycles. The van der Waals surface area contributed by atoms with Crippen LogP contribution in [0.3, 0.4) is 0 Å². The van der Waals surface area contributed by atoms with E-state index < -0.39 is 12.3 Å². The number of nitrogens with one attached hydrogen (secondary N) is 1. The van der Waals surface area contributed by atoms with Crippen LogP contribution < -0.4 is 5.32 Å². The zero-order valence-electron chi connectivity index (χ0n) is 10.7. The van der Waals surface area contributed by atoms with Gasteiger partial charge in [-0.3, -0.25) is 19.8 Å². The van der Waals surface area contributed by atoms with E-state index in [9.17, 15) is 14.7 Å². The van der Waals surface area contributed by atoms with Crippen LogP contribution >= 0.6 is 0 Å². The van der Waals surface area contributed by atoms with E-state index in [0.29, 0.717) is 19.4 Å². The van der Waals surface area contributed by atoms with Gasteiger partial charge in [0.15, 0.2) is 0 Å². The number of nitrogens with zero attached hydrogens (tertiary/aromatic N) is 1. The number of rotatable bonds is 1. The van der Waals surface area contributed by atoms with Gasteiger partial charge in [0, 0.05) is 18.5 Å². The standard InChI is InChI=1S/C14H16N2O3/c1-8-3-2-4-9-10(8)7-16(14(9)19)11-5-6-12(17)15-13(11)18/h2-4,11,14,19H,5-7H2,1H3,(H,15,17,18). The molecule has 2 heterocycles. The van der Waals surface area contributed by atoms with Gasteiger partial charge in [0.25, 0.3) is 0 Å². The van der Waals surface area contributed by atoms with Gasteiger partial charge >= 0.3 is 0 Å². The number of carbonyl (C=O) groups excluding carboxylic acids is 2. The summed E-state index contributed by atoms with van der Waals surface area (Å²) in [6.45, 7) is 2.55. The van der Waals surface area contributed by atoms with E-state index in [1.165, 1.54) is 0 Å². The molecule has 0 aliphatic carbocycles. The molecule has 5 heteroatoms. The van der Waals surface area contributed by atoms with Crippen LogP contribution in [0.2, 0.25) is 0 Å². The lowest BCUT2D eigenvalue weighted by Gasteiger charge is -2.31. The SMILES string of the molecule is Cc1cccc2c1CN(C1CCC(=O)NC1=O)C2O. The molecular weight excluding hydrogens is 244 g/mol. The molecule has 19 heavy (non-hydrogen) atoms. The van der Waals surface area contributed by atoms with Crippen molar-refractivity contribution in [2.45, 2.75) is 38.6 Å². The number of hydrogen-bond donors (Lipinski definition) is 2. The first kappa shape index (κ1) is 12.3. The van der Waals surface area contributed by atoms with Crippen molar-refractivity contribution >= 4 is 11.8 Å². The summed E-state index contributed by atoms with van der Waals surface area (Å²) in [6.07, 6.45) is 0.0304. The molecule has 2 amide bonds. The molecule has 1 fully saturated rings. The minimum absolute atomic E-state index is 0.233. The van der Waals surface area contributed by atoms with Crippen molar-refractivity contribution in [1.29, 1.82) is 0 Å². The first-order valence-corrected chi connectivity index (χ1v) is 6.44. The topological polar surface area (TPSA) is 69.6 Å². The Bertz CT molecular complexity index is 556. The molecule has 5 nitrogen and oxygen atoms in total. The van der Waals surface area contributed by atoms with Gasteiger partial charge in [-0.2, -0.15) is 0 Å². The Morgan fingerprint density at radius 1 is 1.37 bits per heavy atom. The van der Waals surface area contributed by atoms with Gasteiger partial charge in [-0.25, -0.2) is 0 Å². The number of aryl methyl sites for hydroxylation is 1. The first-order valence-electron chi connectivity index (χ1n) is 6.44. The molecule has 1 aromatic carbocycles. The van der Waals surface area contributed by atoms with Crippen molar-refractivity contribution in [2.75, 3.05) is 0 Å². The van der Waals surface area contributed by atoms with E-state index in [2.05, 4.69) is 5.32 Å². The number of aliphatic hydroxyl groups excluding tert-OH is 1. The van der Waals surface area contributed by atoms with Gasteiger partial charge < -0.3 is 5.11 Å². The van der Waals surface area contributed by atoms with Crippen LogP contribution in [0.25, 0.3) is 0 Å². The normalized spacial score (nSPS) is 27.3. The lowest BCUT2D eigenvalue weighted by molar-refractivity contribution is -0.141. The van der Waals surface area contributed by atoms with Crippen LogP contribution in [0.4, 0.5) is 0 Å². The van der Waals surface area contributed by atoms with E-state index in [1.807, 2.05) is 25.1 Å². The fourth-order valence-electron chi connectivity index (χ4n) is 2.91. The maximum absolute atomic E-state index is 11.9. The third-order valence-corrected chi connectivity index (χ3v) is 3.99. The molecule has 2 aliphatic heterocycles. The summed E-state index contributed by atoms with van der Waals surface area (Å²) in [4.78, 5) is 24.8. The molecule has 2 aliphatic rings. The van der Waals surface area contributed by atoms with E-state index >= 15 is 0 Å². The number of benzene rings is 1. The van der Waals surface area contributed by atoms with Crippen LogP contribution in [0.15, 0.2) is 18.2 Å². The van der Waals surface area contributed by atoms with E-state index in [4.69, 9.17) is 0 Å². The third-order valence-electron chi connectivity index (χ3n) is 3.99. The Balaban J connectivity index is 1.87. The number of hydrogen-bond acceptors (Lipinski definition) is 4. The molecule has 2 N–H and O–H groups in total. The minimum Gasteiger partial charge on any atom is -0.374 e. The van der Waals surface area contributed by atoms with Crippen LogP contribution in [0, 0.1) is 6.92 Å². The quantitative estimate of drug-likeness (QED) is 0.726. The van der Waals surface area contributed by atoms with E-state index in [0.717, 1.165) is 16.7 Å². The number of imide groups is 1. The van der Waals surface area contributed by atoms with Crippen molar-refractivity contribution in [3.63, 3.8) is 0 Å². The summed E-state index contributed by atoms with van der Waals surface area (Å²) in [6, 6.07) is 5.36. The molecule has 0 spiro atoms. The fourth-order valence-corrected chi connectivity index (χ4v) is 2.91. The highest BCUT2D eigenvalue weighted by atomic mass is 16.3. The number of amides is 2. The maximum atomic E-state index is 11.9. The van der Waals surface area contributed by atoms with Crippen LogP contribution in [0.1, 0.15) is 35.8 Å². The van der Waals surface area contributed by atoms with Crippen molar-refractivity contribution in [3.05, 3.63) is 34.9 Å². The summed E-state index contributed by atoms with van der Waals surface area (Å²) in [5, 5.41) is 12.7. The third kappa shape index (κ3) is 1.95. The monoisotopic (exact) mass is 260 g/mol. The number of aliphatic hydroxyl groups is 1. The molecule has 100 valence electrons. The van der Waals surface area contributed by atoms with Crippen molar-refractivity contribution in [3.8, 4) is 0 Å². The fraction of sp³-hybridized carbons (Fsp3) is 0.429. The Kier molecular flexibility index (Phi) is 2.88. The minimum atomic E-state index is -0.765. The highest BCUT2D eigenvalue weighted by Crippen LogP contribution is 2.36. The molecule has 0 saturated carbocycles. The molecule has 3 rings (SSSR count). The van der Waals surface area contributed by atoms with Crippen LogP contribution in [-0.4, -0.2) is 27.9 Å². The Hall–Kier alpha value is -1.72. The second kappa shape index (κ2) is 4.43. The average molecular weight is 260 g/mol. The highest BCUT2D eigenvalue weighted by molar-refractivity contribution is 6.00. The zero-order chi connectivity index (χ0) is 13.6. The first-order chi connectivity index (χ1) is 9.08. The molecule has 1 aromatic rings. The van der Waals surface area contributed by atoms with E-state index in [1.54, 1.807) is 4.90 Å². The second-order valence-electron chi connectivity index (χ2n) is 5.16. The molecular formula is C14H16N2O3. The Labute approximate surface area is 111 Å². The van der Waals surface area contributed by atoms with Crippen molar-refractivity contribution in [1.82, 2.24) is 10.2 Å². The summed E-state index contributed by atoms with van der Waals surface area (Å²) >= 11 is 0. The maximum Gasteiger partial charge on any atom is 0.244 e. The summed E-state index contributed by atoms with van der Waals surface area (Å²) in [7, 11) is 0. The lowest BCUT2D eigenvalue weighted by Crippen LogP contribution is -2.51. The number of carbonyl (C=O) groups is 2. The van der Waals surface area contributed by atoms with Gasteiger partial charge in [0.2, 0.25) is 11.8 Å². The Morgan fingerprint density at radius 2 is 2.16 bits per heavy atom. The van der Waals surface area contributed by atoms with Gasteiger partial charge in [-0.15, -0.1) is 0 Å². The van der Waals surface area contributed by atoms with Crippen LogP contribution in [-0.2, 0) is 16.1 Å². The lowest BCUT2D eigenvalue weighted by atomic mass is 10.0. The predicted octanol–water partition coefficient (Wildman–Crippen LogP) is 0.607. The highest BCUT2D eigenvalue weighted by Gasteiger charge is 2.39. The average Bonchev–Trinajstić information content (AvgIpc) is 2.69. The van der Waals surface area contributed by atoms with Gasteiger partial charge in [-0.05, 0) is 24.5 Å². The zero-order valence-corrected chi connectivity index (χ0v) is 10.7. The molecule has 0 radical (unpaired) electrons. The Morgan fingerprint density at radius 3 is 2.84 bits per heavy atom.